The number of pyridine rings is 1. The Morgan fingerprint density at radius 1 is 1.10 bits per heavy atom. The number of rotatable bonds is 8. The topological polar surface area (TPSA) is 143 Å². The summed E-state index contributed by atoms with van der Waals surface area (Å²) in [5.41, 5.74) is 10.9. The first-order valence-corrected chi connectivity index (χ1v) is 12.6. The zero-order chi connectivity index (χ0) is 28.4. The van der Waals surface area contributed by atoms with Gasteiger partial charge >= 0.3 is 6.01 Å². The molecule has 4 heterocycles. The van der Waals surface area contributed by atoms with Gasteiger partial charge in [0.25, 0.3) is 0 Å². The molecule has 11 nitrogen and oxygen atoms in total. The standard InChI is InChI=1S/C28H27FN8O3/c1-5-18-23-26(27(30)34-14-33-23)37(25(18)24-21(39-4)11-16(13-32-24)36-22(38)6-2)17-7-8-20(19(29)12-17)40-28-31-10-9-15(3)35-28/h7-14H,5-6H2,1-4H3,(H,36,38)(H2,30,33,34). The molecule has 0 aliphatic carbocycles. The van der Waals surface area contributed by atoms with E-state index in [4.69, 9.17) is 15.2 Å². The number of anilines is 2. The molecule has 0 atom stereocenters. The van der Waals surface area contributed by atoms with Crippen LogP contribution in [-0.4, -0.2) is 42.5 Å². The van der Waals surface area contributed by atoms with Crippen molar-refractivity contribution in [2.45, 2.75) is 33.6 Å². The van der Waals surface area contributed by atoms with Gasteiger partial charge in [-0.3, -0.25) is 4.79 Å². The smallest absolute Gasteiger partial charge is 0.322 e. The number of nitrogens with two attached hydrogens (primary N) is 1. The van der Waals surface area contributed by atoms with E-state index in [1.165, 1.54) is 31.8 Å². The number of aryl methyl sites for hydroxylation is 2. The Hall–Kier alpha value is -5.13. The lowest BCUT2D eigenvalue weighted by Gasteiger charge is -2.16. The van der Waals surface area contributed by atoms with Gasteiger partial charge in [-0.05, 0) is 31.5 Å². The van der Waals surface area contributed by atoms with Crippen LogP contribution in [0.4, 0.5) is 15.9 Å². The molecule has 0 spiro atoms. The number of aromatic nitrogens is 6. The molecule has 3 N–H and O–H groups in total. The molecule has 0 aliphatic heterocycles. The van der Waals surface area contributed by atoms with Crippen LogP contribution >= 0.6 is 0 Å². The van der Waals surface area contributed by atoms with Gasteiger partial charge in [0.15, 0.2) is 17.4 Å². The Morgan fingerprint density at radius 3 is 2.62 bits per heavy atom. The second kappa shape index (κ2) is 10.9. The molecule has 0 radical (unpaired) electrons. The van der Waals surface area contributed by atoms with Gasteiger partial charge in [-0.25, -0.2) is 29.3 Å². The molecule has 0 aliphatic rings. The van der Waals surface area contributed by atoms with Gasteiger partial charge in [0.2, 0.25) is 5.91 Å². The van der Waals surface area contributed by atoms with Gasteiger partial charge in [0.05, 0.1) is 30.2 Å². The Morgan fingerprint density at radius 2 is 1.93 bits per heavy atom. The number of nitrogens with one attached hydrogen (secondary N) is 1. The van der Waals surface area contributed by atoms with Gasteiger partial charge < -0.3 is 25.1 Å². The highest BCUT2D eigenvalue weighted by atomic mass is 19.1. The van der Waals surface area contributed by atoms with Crippen molar-refractivity contribution in [3.8, 4) is 34.6 Å². The van der Waals surface area contributed by atoms with Gasteiger partial charge in [-0.15, -0.1) is 0 Å². The van der Waals surface area contributed by atoms with E-state index < -0.39 is 5.82 Å². The zero-order valence-corrected chi connectivity index (χ0v) is 22.4. The minimum Gasteiger partial charge on any atom is -0.494 e. The summed E-state index contributed by atoms with van der Waals surface area (Å²) in [7, 11) is 1.51. The molecule has 4 aromatic heterocycles. The number of ether oxygens (including phenoxy) is 2. The van der Waals surface area contributed by atoms with Crippen LogP contribution in [0.15, 0.2) is 49.1 Å². The minimum atomic E-state index is -0.638. The lowest BCUT2D eigenvalue weighted by Crippen LogP contribution is -2.10. The van der Waals surface area contributed by atoms with E-state index in [9.17, 15) is 4.79 Å². The van der Waals surface area contributed by atoms with Gasteiger partial charge in [0, 0.05) is 41.7 Å². The Balaban J connectivity index is 1.71. The Kier molecular flexibility index (Phi) is 7.23. The fraction of sp³-hybridized carbons (Fsp3) is 0.214. The SMILES string of the molecule is CCC(=O)Nc1cnc(-c2c(CC)c3ncnc(N)c3n2-c2ccc(Oc3nccc(C)n3)c(F)c2)c(OC)c1. The number of methoxy groups -OCH3 is 1. The predicted molar refractivity (Wildman–Crippen MR) is 148 cm³/mol. The highest BCUT2D eigenvalue weighted by Crippen LogP contribution is 2.41. The van der Waals surface area contributed by atoms with Crippen molar-refractivity contribution < 1.29 is 18.7 Å². The summed E-state index contributed by atoms with van der Waals surface area (Å²) < 4.78 is 28.5. The van der Waals surface area contributed by atoms with E-state index in [1.54, 1.807) is 42.8 Å². The summed E-state index contributed by atoms with van der Waals surface area (Å²) >= 11 is 0. The van der Waals surface area contributed by atoms with Crippen LogP contribution in [0, 0.1) is 12.7 Å². The summed E-state index contributed by atoms with van der Waals surface area (Å²) in [4.78, 5) is 33.5. The van der Waals surface area contributed by atoms with Crippen LogP contribution in [0.2, 0.25) is 0 Å². The fourth-order valence-corrected chi connectivity index (χ4v) is 4.42. The average Bonchev–Trinajstić information content (AvgIpc) is 3.29. The maximum Gasteiger partial charge on any atom is 0.322 e. The van der Waals surface area contributed by atoms with E-state index in [0.29, 0.717) is 58.1 Å². The maximum absolute atomic E-state index is 15.5. The number of carbonyl (C=O) groups excluding carboxylic acids is 1. The summed E-state index contributed by atoms with van der Waals surface area (Å²) in [6.45, 7) is 5.52. The van der Waals surface area contributed by atoms with Crippen LogP contribution < -0.4 is 20.5 Å². The summed E-state index contributed by atoms with van der Waals surface area (Å²) in [5.74, 6) is -0.223. The molecule has 204 valence electrons. The van der Waals surface area contributed by atoms with Crippen LogP contribution in [0.3, 0.4) is 0 Å². The molecule has 0 fully saturated rings. The summed E-state index contributed by atoms with van der Waals surface area (Å²) in [5, 5.41) is 2.79. The second-order valence-electron chi connectivity index (χ2n) is 8.85. The first-order chi connectivity index (χ1) is 19.3. The summed E-state index contributed by atoms with van der Waals surface area (Å²) in [6.07, 6.45) is 5.34. The largest absolute Gasteiger partial charge is 0.494 e. The van der Waals surface area contributed by atoms with Crippen LogP contribution in [-0.2, 0) is 11.2 Å². The number of amides is 1. The number of hydrogen-bond acceptors (Lipinski definition) is 9. The number of carbonyl (C=O) groups is 1. The van der Waals surface area contributed by atoms with Crippen molar-refractivity contribution in [3.05, 3.63) is 66.1 Å². The molecule has 0 saturated heterocycles. The Bertz CT molecular complexity index is 1740. The molecule has 1 aromatic carbocycles. The third-order valence-electron chi connectivity index (χ3n) is 6.27. The lowest BCUT2D eigenvalue weighted by atomic mass is 10.1. The lowest BCUT2D eigenvalue weighted by molar-refractivity contribution is -0.115. The second-order valence-corrected chi connectivity index (χ2v) is 8.85. The van der Waals surface area contributed by atoms with Crippen LogP contribution in [0.1, 0.15) is 31.5 Å². The van der Waals surface area contributed by atoms with Crippen LogP contribution in [0.25, 0.3) is 28.1 Å². The van der Waals surface area contributed by atoms with Crippen molar-refractivity contribution in [2.75, 3.05) is 18.2 Å². The molecule has 5 rings (SSSR count). The molecular formula is C28H27FN8O3. The molecule has 0 bridgehead atoms. The van der Waals surface area contributed by atoms with Gasteiger partial charge in [-0.2, -0.15) is 0 Å². The quantitative estimate of drug-likeness (QED) is 0.276. The number of nitrogen functional groups attached to an aromatic ring is 1. The van der Waals surface area contributed by atoms with E-state index in [-0.39, 0.29) is 23.5 Å². The number of halogens is 1. The van der Waals surface area contributed by atoms with Crippen molar-refractivity contribution in [1.82, 2.24) is 29.5 Å². The van der Waals surface area contributed by atoms with E-state index in [2.05, 4.69) is 30.2 Å². The van der Waals surface area contributed by atoms with Crippen molar-refractivity contribution in [1.29, 1.82) is 0 Å². The summed E-state index contributed by atoms with van der Waals surface area (Å²) in [6, 6.07) is 7.94. The maximum atomic E-state index is 15.5. The van der Waals surface area contributed by atoms with Gasteiger partial charge in [0.1, 0.15) is 23.3 Å². The van der Waals surface area contributed by atoms with Crippen LogP contribution in [0.5, 0.6) is 17.5 Å². The molecular weight excluding hydrogens is 515 g/mol. The van der Waals surface area contributed by atoms with Crippen molar-refractivity contribution in [2.24, 2.45) is 0 Å². The van der Waals surface area contributed by atoms with E-state index >= 15 is 4.39 Å². The van der Waals surface area contributed by atoms with Crippen molar-refractivity contribution in [3.63, 3.8) is 0 Å². The normalized spacial score (nSPS) is 11.0. The number of fused-ring (bicyclic) bond motifs is 1. The number of hydrogen-bond donors (Lipinski definition) is 2. The first-order valence-electron chi connectivity index (χ1n) is 12.6. The highest BCUT2D eigenvalue weighted by molar-refractivity contribution is 5.97. The predicted octanol–water partition coefficient (Wildman–Crippen LogP) is 5.01. The van der Waals surface area contributed by atoms with Gasteiger partial charge in [-0.1, -0.05) is 13.8 Å². The minimum absolute atomic E-state index is 0.0360. The third kappa shape index (κ3) is 4.86. The highest BCUT2D eigenvalue weighted by Gasteiger charge is 2.26. The molecule has 5 aromatic rings. The Labute approximate surface area is 229 Å². The number of benzene rings is 1. The number of nitrogens with zero attached hydrogens (tertiary/aromatic N) is 6. The fourth-order valence-electron chi connectivity index (χ4n) is 4.42. The molecule has 1 amide bonds. The first kappa shape index (κ1) is 26.5. The zero-order valence-electron chi connectivity index (χ0n) is 22.4. The van der Waals surface area contributed by atoms with E-state index in [1.807, 2.05) is 6.92 Å². The molecule has 0 saturated carbocycles. The molecule has 12 heteroatoms. The third-order valence-corrected chi connectivity index (χ3v) is 6.27. The molecule has 40 heavy (non-hydrogen) atoms. The van der Waals surface area contributed by atoms with Crippen molar-refractivity contribution >= 4 is 28.4 Å². The average molecular weight is 543 g/mol. The molecule has 0 unspecified atom stereocenters. The van der Waals surface area contributed by atoms with E-state index in [0.717, 1.165) is 5.56 Å². The monoisotopic (exact) mass is 542 g/mol.